The van der Waals surface area contributed by atoms with Crippen molar-refractivity contribution < 1.29 is 20.1 Å². The SMILES string of the molecule is CCCCc1nc2c(N)nc3ccc(CCCCNC(=O)c4cc(O)c(O)c(O)c4)cc3c2n1C. The molecule has 0 spiro atoms. The summed E-state index contributed by atoms with van der Waals surface area (Å²) in [4.78, 5) is 21.6. The fourth-order valence-electron chi connectivity index (χ4n) is 4.29. The number of aryl methyl sites for hydroxylation is 3. The minimum absolute atomic E-state index is 0.0811. The minimum Gasteiger partial charge on any atom is -0.504 e. The van der Waals surface area contributed by atoms with Crippen molar-refractivity contribution in [1.82, 2.24) is 19.9 Å². The molecule has 2 aromatic heterocycles. The smallest absolute Gasteiger partial charge is 0.251 e. The van der Waals surface area contributed by atoms with Gasteiger partial charge in [-0.3, -0.25) is 4.79 Å². The van der Waals surface area contributed by atoms with Crippen LogP contribution in [0.4, 0.5) is 5.82 Å². The van der Waals surface area contributed by atoms with Crippen molar-refractivity contribution >= 4 is 33.7 Å². The topological polar surface area (TPSA) is 147 Å². The molecule has 0 bridgehead atoms. The molecule has 6 N–H and O–H groups in total. The molecule has 2 aromatic carbocycles. The number of nitrogen functional groups attached to an aromatic ring is 1. The van der Waals surface area contributed by atoms with Gasteiger partial charge in [-0.15, -0.1) is 0 Å². The van der Waals surface area contributed by atoms with Crippen LogP contribution in [0.25, 0.3) is 21.9 Å². The monoisotopic (exact) mass is 477 g/mol. The Kier molecular flexibility index (Phi) is 6.95. The number of benzene rings is 2. The molecule has 0 atom stereocenters. The number of phenolic OH excluding ortho intramolecular Hbond substituents is 3. The van der Waals surface area contributed by atoms with Crippen LogP contribution in [0.15, 0.2) is 30.3 Å². The third kappa shape index (κ3) is 4.94. The molecule has 0 aliphatic heterocycles. The molecule has 35 heavy (non-hydrogen) atoms. The number of unbranched alkanes of at least 4 members (excludes halogenated alkanes) is 2. The Labute approximate surface area is 203 Å². The van der Waals surface area contributed by atoms with E-state index in [9.17, 15) is 20.1 Å². The fourth-order valence-corrected chi connectivity index (χ4v) is 4.29. The molecule has 0 fully saturated rings. The highest BCUT2D eigenvalue weighted by Crippen LogP contribution is 2.35. The number of carbonyl (C=O) groups is 1. The summed E-state index contributed by atoms with van der Waals surface area (Å²) in [6.45, 7) is 2.61. The second-order valence-electron chi connectivity index (χ2n) is 8.81. The summed E-state index contributed by atoms with van der Waals surface area (Å²) in [7, 11) is 2.03. The number of aromatic nitrogens is 3. The van der Waals surface area contributed by atoms with E-state index in [-0.39, 0.29) is 5.56 Å². The number of fused-ring (bicyclic) bond motifs is 3. The molecule has 9 nitrogen and oxygen atoms in total. The zero-order chi connectivity index (χ0) is 25.1. The highest BCUT2D eigenvalue weighted by atomic mass is 16.3. The van der Waals surface area contributed by atoms with E-state index in [4.69, 9.17) is 10.7 Å². The second kappa shape index (κ2) is 10.1. The van der Waals surface area contributed by atoms with E-state index >= 15 is 0 Å². The van der Waals surface area contributed by atoms with Crippen LogP contribution in [0.2, 0.25) is 0 Å². The van der Waals surface area contributed by atoms with Crippen molar-refractivity contribution in [2.75, 3.05) is 12.3 Å². The molecule has 2 heterocycles. The lowest BCUT2D eigenvalue weighted by atomic mass is 10.0. The molecule has 0 saturated carbocycles. The third-order valence-electron chi connectivity index (χ3n) is 6.25. The first-order valence-electron chi connectivity index (χ1n) is 11.9. The average molecular weight is 478 g/mol. The first-order chi connectivity index (χ1) is 16.8. The van der Waals surface area contributed by atoms with Gasteiger partial charge in [0.25, 0.3) is 5.91 Å². The van der Waals surface area contributed by atoms with E-state index in [0.29, 0.717) is 12.4 Å². The number of nitrogens with two attached hydrogens (primary N) is 1. The molecule has 1 amide bonds. The van der Waals surface area contributed by atoms with E-state index in [1.54, 1.807) is 0 Å². The van der Waals surface area contributed by atoms with Gasteiger partial charge in [0.15, 0.2) is 23.1 Å². The summed E-state index contributed by atoms with van der Waals surface area (Å²) >= 11 is 0. The molecular weight excluding hydrogens is 446 g/mol. The quantitative estimate of drug-likeness (QED) is 0.181. The predicted octanol–water partition coefficient (Wildman–Crippen LogP) is 3.92. The van der Waals surface area contributed by atoms with Crippen molar-refractivity contribution in [3.05, 3.63) is 47.3 Å². The van der Waals surface area contributed by atoms with Crippen molar-refractivity contribution in [3.8, 4) is 17.2 Å². The summed E-state index contributed by atoms with van der Waals surface area (Å²) in [5, 5.41) is 32.4. The number of anilines is 1. The standard InChI is InChI=1S/C26H31N5O4/c1-3-4-8-21-30-22-23(31(21)2)17-12-15(9-10-18(17)29-25(22)27)7-5-6-11-28-26(35)16-13-19(32)24(34)20(33)14-16/h9-10,12-14,32-34H,3-8,11H2,1-2H3,(H2,27,29)(H,28,35). The zero-order valence-electron chi connectivity index (χ0n) is 20.0. The van der Waals surface area contributed by atoms with Gasteiger partial charge in [0.2, 0.25) is 0 Å². The lowest BCUT2D eigenvalue weighted by Crippen LogP contribution is -2.24. The number of amides is 1. The Bertz CT molecular complexity index is 1370. The number of phenols is 3. The van der Waals surface area contributed by atoms with Gasteiger partial charge in [0, 0.05) is 31.0 Å². The molecule has 0 saturated heterocycles. The largest absolute Gasteiger partial charge is 0.504 e. The lowest BCUT2D eigenvalue weighted by molar-refractivity contribution is 0.0952. The van der Waals surface area contributed by atoms with Crippen LogP contribution in [0.3, 0.4) is 0 Å². The molecular formula is C26H31N5O4. The highest BCUT2D eigenvalue weighted by molar-refractivity contribution is 6.06. The summed E-state index contributed by atoms with van der Waals surface area (Å²) in [6.07, 6.45) is 5.51. The Balaban J connectivity index is 1.41. The number of hydrogen-bond acceptors (Lipinski definition) is 7. The van der Waals surface area contributed by atoms with Crippen molar-refractivity contribution in [3.63, 3.8) is 0 Å². The molecule has 4 aromatic rings. The number of pyridine rings is 1. The highest BCUT2D eigenvalue weighted by Gasteiger charge is 2.16. The van der Waals surface area contributed by atoms with Crippen molar-refractivity contribution in [2.45, 2.75) is 45.4 Å². The number of hydrogen-bond donors (Lipinski definition) is 5. The zero-order valence-corrected chi connectivity index (χ0v) is 20.0. The molecule has 0 aliphatic carbocycles. The van der Waals surface area contributed by atoms with Gasteiger partial charge < -0.3 is 30.9 Å². The molecule has 0 unspecified atom stereocenters. The van der Waals surface area contributed by atoms with Crippen LogP contribution in [-0.4, -0.2) is 42.3 Å². The predicted molar refractivity (Wildman–Crippen MR) is 136 cm³/mol. The van der Waals surface area contributed by atoms with E-state index in [2.05, 4.69) is 33.9 Å². The van der Waals surface area contributed by atoms with Crippen LogP contribution in [0.5, 0.6) is 17.2 Å². The van der Waals surface area contributed by atoms with E-state index < -0.39 is 23.2 Å². The first-order valence-corrected chi connectivity index (χ1v) is 11.9. The number of carbonyl (C=O) groups excluding carboxylic acids is 1. The molecule has 9 heteroatoms. The van der Waals surface area contributed by atoms with Gasteiger partial charge in [-0.25, -0.2) is 9.97 Å². The van der Waals surface area contributed by atoms with Crippen LogP contribution in [0, 0.1) is 0 Å². The number of imidazole rings is 1. The van der Waals surface area contributed by atoms with Crippen molar-refractivity contribution in [1.29, 1.82) is 0 Å². The maximum absolute atomic E-state index is 12.3. The van der Waals surface area contributed by atoms with Gasteiger partial charge in [-0.05, 0) is 55.5 Å². The molecule has 0 aliphatic rings. The molecule has 0 radical (unpaired) electrons. The number of nitrogens with zero attached hydrogens (tertiary/aromatic N) is 3. The Morgan fingerprint density at radius 1 is 1.03 bits per heavy atom. The number of rotatable bonds is 9. The minimum atomic E-state index is -0.643. The lowest BCUT2D eigenvalue weighted by Gasteiger charge is -2.09. The second-order valence-corrected chi connectivity index (χ2v) is 8.81. The average Bonchev–Trinajstić information content (AvgIpc) is 3.17. The first kappa shape index (κ1) is 24.1. The van der Waals surface area contributed by atoms with Gasteiger partial charge in [0.1, 0.15) is 11.3 Å². The fraction of sp³-hybridized carbons (Fsp3) is 0.346. The van der Waals surface area contributed by atoms with Crippen molar-refractivity contribution in [2.24, 2.45) is 7.05 Å². The summed E-state index contributed by atoms with van der Waals surface area (Å²) in [6, 6.07) is 8.43. The maximum atomic E-state index is 12.3. The Hall–Kier alpha value is -4.01. The van der Waals surface area contributed by atoms with E-state index in [1.165, 1.54) is 5.56 Å². The van der Waals surface area contributed by atoms with E-state index in [0.717, 1.165) is 78.4 Å². The van der Waals surface area contributed by atoms with Crippen LogP contribution < -0.4 is 11.1 Å². The Morgan fingerprint density at radius 3 is 2.49 bits per heavy atom. The van der Waals surface area contributed by atoms with Crippen LogP contribution >= 0.6 is 0 Å². The van der Waals surface area contributed by atoms with Gasteiger partial charge in [-0.2, -0.15) is 0 Å². The molecule has 4 rings (SSSR count). The van der Waals surface area contributed by atoms with Gasteiger partial charge >= 0.3 is 0 Å². The van der Waals surface area contributed by atoms with Gasteiger partial charge in [0.05, 0.1) is 11.0 Å². The summed E-state index contributed by atoms with van der Waals surface area (Å²) in [5.74, 6) is -0.688. The number of aromatic hydroxyl groups is 3. The van der Waals surface area contributed by atoms with E-state index in [1.807, 2.05) is 13.1 Å². The summed E-state index contributed by atoms with van der Waals surface area (Å²) in [5.41, 5.74) is 10.1. The van der Waals surface area contributed by atoms with Gasteiger partial charge in [-0.1, -0.05) is 19.4 Å². The Morgan fingerprint density at radius 2 is 1.77 bits per heavy atom. The van der Waals surface area contributed by atoms with Crippen LogP contribution in [-0.2, 0) is 19.9 Å². The maximum Gasteiger partial charge on any atom is 0.251 e. The number of nitrogens with one attached hydrogen (secondary N) is 1. The third-order valence-corrected chi connectivity index (χ3v) is 6.25. The molecule has 184 valence electrons. The summed E-state index contributed by atoms with van der Waals surface area (Å²) < 4.78 is 2.13. The van der Waals surface area contributed by atoms with Crippen LogP contribution in [0.1, 0.15) is 54.4 Å². The normalized spacial score (nSPS) is 11.4.